The second-order valence-corrected chi connectivity index (χ2v) is 4.30. The van der Waals surface area contributed by atoms with Crippen molar-refractivity contribution in [3.63, 3.8) is 0 Å². The summed E-state index contributed by atoms with van der Waals surface area (Å²) < 4.78 is 0. The zero-order valence-corrected chi connectivity index (χ0v) is 10.1. The van der Waals surface area contributed by atoms with Crippen molar-refractivity contribution < 1.29 is 5.11 Å². The molecule has 0 fully saturated rings. The number of hydrogen-bond acceptors (Lipinski definition) is 1. The third kappa shape index (κ3) is 4.13. The molecule has 0 aliphatic rings. The predicted molar refractivity (Wildman–Crippen MR) is 65.7 cm³/mol. The molecule has 1 aromatic carbocycles. The van der Waals surface area contributed by atoms with Crippen molar-refractivity contribution in [1.29, 1.82) is 0 Å². The number of halogens is 1. The van der Waals surface area contributed by atoms with E-state index in [4.69, 9.17) is 11.6 Å². The molecule has 2 heteroatoms. The fraction of sp³-hybridized carbons (Fsp3) is 0.538. The fourth-order valence-corrected chi connectivity index (χ4v) is 1.95. The van der Waals surface area contributed by atoms with Crippen LogP contribution in [0.15, 0.2) is 18.2 Å². The van der Waals surface area contributed by atoms with Gasteiger partial charge in [0.05, 0.1) is 0 Å². The Labute approximate surface area is 97.1 Å². The van der Waals surface area contributed by atoms with E-state index in [9.17, 15) is 5.11 Å². The number of aromatic hydroxyl groups is 1. The Balaban J connectivity index is 2.37. The van der Waals surface area contributed by atoms with Crippen LogP contribution in [0.4, 0.5) is 0 Å². The molecule has 0 atom stereocenters. The number of benzene rings is 1. The van der Waals surface area contributed by atoms with Crippen molar-refractivity contribution in [2.24, 2.45) is 0 Å². The first-order chi connectivity index (χ1) is 7.25. The van der Waals surface area contributed by atoms with E-state index >= 15 is 0 Å². The fourth-order valence-electron chi connectivity index (χ4n) is 1.76. The normalized spacial score (nSPS) is 10.5. The number of phenolic OH excluding ortho intramolecular Hbond substituents is 1. The number of phenols is 1. The molecule has 0 amide bonds. The van der Waals surface area contributed by atoms with E-state index < -0.39 is 0 Å². The zero-order chi connectivity index (χ0) is 11.1. The minimum absolute atomic E-state index is 0.437. The van der Waals surface area contributed by atoms with Crippen LogP contribution in [0.2, 0.25) is 0 Å². The van der Waals surface area contributed by atoms with Gasteiger partial charge in [0, 0.05) is 5.88 Å². The average molecular weight is 227 g/mol. The summed E-state index contributed by atoms with van der Waals surface area (Å²) in [6.07, 6.45) is 5.59. The lowest BCUT2D eigenvalue weighted by Gasteiger charge is -2.07. The Hall–Kier alpha value is -0.690. The van der Waals surface area contributed by atoms with Gasteiger partial charge in [-0.3, -0.25) is 0 Å². The Morgan fingerprint density at radius 1 is 1.13 bits per heavy atom. The lowest BCUT2D eigenvalue weighted by Crippen LogP contribution is -1.91. The molecule has 0 aliphatic carbocycles. The van der Waals surface area contributed by atoms with Crippen LogP contribution in [0.1, 0.15) is 36.8 Å². The summed E-state index contributed by atoms with van der Waals surface area (Å²) in [6.45, 7) is 2.05. The summed E-state index contributed by atoms with van der Waals surface area (Å²) in [5.41, 5.74) is 2.29. The molecule has 1 N–H and O–H groups in total. The molecule has 0 saturated carbocycles. The predicted octanol–water partition coefficient (Wildman–Crippen LogP) is 4.04. The molecule has 0 bridgehead atoms. The molecule has 0 saturated heterocycles. The van der Waals surface area contributed by atoms with Gasteiger partial charge in [-0.25, -0.2) is 0 Å². The molecule has 0 radical (unpaired) electrons. The second-order valence-electron chi connectivity index (χ2n) is 3.93. The van der Waals surface area contributed by atoms with E-state index in [1.54, 1.807) is 6.07 Å². The smallest absolute Gasteiger partial charge is 0.119 e. The highest BCUT2D eigenvalue weighted by atomic mass is 35.5. The summed E-state index contributed by atoms with van der Waals surface area (Å²) in [6, 6.07) is 5.70. The van der Waals surface area contributed by atoms with Gasteiger partial charge in [-0.15, -0.1) is 11.6 Å². The van der Waals surface area contributed by atoms with E-state index in [-0.39, 0.29) is 0 Å². The van der Waals surface area contributed by atoms with E-state index in [2.05, 4.69) is 0 Å². The van der Waals surface area contributed by atoms with E-state index in [1.165, 1.54) is 18.4 Å². The molecular formula is C13H19ClO. The van der Waals surface area contributed by atoms with Crippen molar-refractivity contribution in [2.45, 2.75) is 39.0 Å². The zero-order valence-electron chi connectivity index (χ0n) is 9.30. The number of aryl methyl sites for hydroxylation is 1. The van der Waals surface area contributed by atoms with E-state index in [1.807, 2.05) is 19.1 Å². The first-order valence-corrected chi connectivity index (χ1v) is 6.12. The SMILES string of the molecule is Cc1cccc(O)c1CCCCCCCl. The highest BCUT2D eigenvalue weighted by Gasteiger charge is 2.03. The maximum atomic E-state index is 9.67. The molecule has 1 aromatic rings. The van der Waals surface area contributed by atoms with Crippen LogP contribution in [0.3, 0.4) is 0 Å². The first-order valence-electron chi connectivity index (χ1n) is 5.59. The maximum Gasteiger partial charge on any atom is 0.119 e. The van der Waals surface area contributed by atoms with Gasteiger partial charge in [-0.2, -0.15) is 0 Å². The van der Waals surface area contributed by atoms with Gasteiger partial charge in [0.15, 0.2) is 0 Å². The Bertz CT molecular complexity index is 276. The molecule has 0 spiro atoms. The molecule has 0 aromatic heterocycles. The van der Waals surface area contributed by atoms with Crippen LogP contribution in [-0.2, 0) is 6.42 Å². The van der Waals surface area contributed by atoms with Gasteiger partial charge >= 0.3 is 0 Å². The molecule has 1 rings (SSSR count). The van der Waals surface area contributed by atoms with Gasteiger partial charge in [0.2, 0.25) is 0 Å². The molecular weight excluding hydrogens is 208 g/mol. The molecule has 0 unspecified atom stereocenters. The highest BCUT2D eigenvalue weighted by molar-refractivity contribution is 6.17. The molecule has 1 nitrogen and oxygen atoms in total. The van der Waals surface area contributed by atoms with Gasteiger partial charge in [-0.1, -0.05) is 25.0 Å². The first kappa shape index (κ1) is 12.4. The Kier molecular flexibility index (Phi) is 5.56. The van der Waals surface area contributed by atoms with E-state index in [0.29, 0.717) is 5.75 Å². The monoisotopic (exact) mass is 226 g/mol. The van der Waals surface area contributed by atoms with Crippen molar-refractivity contribution in [2.75, 3.05) is 5.88 Å². The van der Waals surface area contributed by atoms with Crippen LogP contribution in [0, 0.1) is 6.92 Å². The molecule has 15 heavy (non-hydrogen) atoms. The standard InChI is InChI=1S/C13H19ClO/c1-11-7-6-9-13(15)12(11)8-4-2-3-5-10-14/h6-7,9,15H,2-5,8,10H2,1H3. The quantitative estimate of drug-likeness (QED) is 0.573. The minimum atomic E-state index is 0.437. The third-order valence-electron chi connectivity index (χ3n) is 2.70. The third-order valence-corrected chi connectivity index (χ3v) is 2.96. The number of rotatable bonds is 6. The van der Waals surface area contributed by atoms with Crippen LogP contribution in [0.25, 0.3) is 0 Å². The Morgan fingerprint density at radius 2 is 1.87 bits per heavy atom. The summed E-state index contributed by atoms with van der Waals surface area (Å²) >= 11 is 5.61. The molecule has 0 heterocycles. The van der Waals surface area contributed by atoms with Crippen molar-refractivity contribution in [3.05, 3.63) is 29.3 Å². The largest absolute Gasteiger partial charge is 0.508 e. The summed E-state index contributed by atoms with van der Waals surface area (Å²) in [5.74, 6) is 1.20. The van der Waals surface area contributed by atoms with Crippen LogP contribution >= 0.6 is 11.6 Å². The molecule has 0 aliphatic heterocycles. The van der Waals surface area contributed by atoms with Crippen molar-refractivity contribution in [1.82, 2.24) is 0 Å². The maximum absolute atomic E-state index is 9.67. The number of hydrogen-bond donors (Lipinski definition) is 1. The summed E-state index contributed by atoms with van der Waals surface area (Å²) in [5, 5.41) is 9.67. The molecule has 84 valence electrons. The minimum Gasteiger partial charge on any atom is -0.508 e. The average Bonchev–Trinajstić information content (AvgIpc) is 2.21. The van der Waals surface area contributed by atoms with Crippen LogP contribution < -0.4 is 0 Å². The Morgan fingerprint density at radius 3 is 2.53 bits per heavy atom. The number of unbranched alkanes of at least 4 members (excludes halogenated alkanes) is 3. The van der Waals surface area contributed by atoms with Gasteiger partial charge < -0.3 is 5.11 Å². The van der Waals surface area contributed by atoms with Crippen molar-refractivity contribution in [3.8, 4) is 5.75 Å². The summed E-state index contributed by atoms with van der Waals surface area (Å²) in [4.78, 5) is 0. The lowest BCUT2D eigenvalue weighted by molar-refractivity contribution is 0.465. The van der Waals surface area contributed by atoms with E-state index in [0.717, 1.165) is 30.7 Å². The van der Waals surface area contributed by atoms with Gasteiger partial charge in [-0.05, 0) is 43.4 Å². The summed E-state index contributed by atoms with van der Waals surface area (Å²) in [7, 11) is 0. The van der Waals surface area contributed by atoms with Gasteiger partial charge in [0.25, 0.3) is 0 Å². The van der Waals surface area contributed by atoms with Crippen LogP contribution in [0.5, 0.6) is 5.75 Å². The number of alkyl halides is 1. The van der Waals surface area contributed by atoms with Crippen molar-refractivity contribution >= 4 is 11.6 Å². The lowest BCUT2D eigenvalue weighted by atomic mass is 10.0. The van der Waals surface area contributed by atoms with Gasteiger partial charge in [0.1, 0.15) is 5.75 Å². The topological polar surface area (TPSA) is 20.2 Å². The second kappa shape index (κ2) is 6.73. The highest BCUT2D eigenvalue weighted by Crippen LogP contribution is 2.22. The van der Waals surface area contributed by atoms with Crippen LogP contribution in [-0.4, -0.2) is 11.0 Å².